The van der Waals surface area contributed by atoms with Gasteiger partial charge in [-0.1, -0.05) is 0 Å². The number of benzene rings is 1. The highest BCUT2D eigenvalue weighted by molar-refractivity contribution is 5.98. The predicted molar refractivity (Wildman–Crippen MR) is 72.3 cm³/mol. The average Bonchev–Trinajstić information content (AvgIpc) is 2.38. The van der Waals surface area contributed by atoms with Crippen LogP contribution in [0.15, 0.2) is 18.2 Å². The lowest BCUT2D eigenvalue weighted by Crippen LogP contribution is -2.37. The molecule has 0 saturated carbocycles. The van der Waals surface area contributed by atoms with Gasteiger partial charge in [-0.2, -0.15) is 0 Å². The van der Waals surface area contributed by atoms with Gasteiger partial charge in [0.25, 0.3) is 0 Å². The molecule has 0 saturated heterocycles. The second-order valence-corrected chi connectivity index (χ2v) is 4.61. The lowest BCUT2D eigenvalue weighted by molar-refractivity contribution is -0.138. The molecule has 0 aromatic heterocycles. The molecule has 106 valence electrons. The van der Waals surface area contributed by atoms with E-state index in [1.54, 1.807) is 18.2 Å². The maximum absolute atomic E-state index is 11.7. The van der Waals surface area contributed by atoms with Gasteiger partial charge in [-0.3, -0.25) is 14.4 Å². The number of rotatable bonds is 4. The number of aryl methyl sites for hydroxylation is 1. The number of carboxylic acids is 1. The molecule has 1 aromatic rings. The lowest BCUT2D eigenvalue weighted by Gasteiger charge is -2.18. The molecule has 1 aliphatic heterocycles. The van der Waals surface area contributed by atoms with Gasteiger partial charge in [0.2, 0.25) is 11.8 Å². The van der Waals surface area contributed by atoms with Gasteiger partial charge >= 0.3 is 5.97 Å². The number of carboxylic acid groups (broad SMARTS) is 1. The second-order valence-electron chi connectivity index (χ2n) is 4.61. The highest BCUT2D eigenvalue weighted by Crippen LogP contribution is 2.25. The fourth-order valence-electron chi connectivity index (χ4n) is 1.98. The van der Waals surface area contributed by atoms with E-state index in [0.29, 0.717) is 18.5 Å². The monoisotopic (exact) mass is 277 g/mol. The minimum Gasteiger partial charge on any atom is -0.481 e. The van der Waals surface area contributed by atoms with E-state index >= 15 is 0 Å². The van der Waals surface area contributed by atoms with E-state index in [-0.39, 0.29) is 5.91 Å². The summed E-state index contributed by atoms with van der Waals surface area (Å²) in [4.78, 5) is 33.4. The van der Waals surface area contributed by atoms with Crippen LogP contribution in [0.25, 0.3) is 0 Å². The summed E-state index contributed by atoms with van der Waals surface area (Å²) in [5.41, 5.74) is 7.66. The molecule has 0 radical (unpaired) electrons. The van der Waals surface area contributed by atoms with Gasteiger partial charge in [-0.25, -0.2) is 0 Å². The Morgan fingerprint density at radius 3 is 2.85 bits per heavy atom. The normalized spacial score (nSPS) is 14.9. The zero-order chi connectivity index (χ0) is 14.7. The quantitative estimate of drug-likeness (QED) is 0.631. The number of anilines is 2. The summed E-state index contributed by atoms with van der Waals surface area (Å²) in [5.74, 6) is -1.70. The minimum absolute atomic E-state index is 0.0298. The van der Waals surface area contributed by atoms with E-state index in [4.69, 9.17) is 10.8 Å². The fraction of sp³-hybridized carbons (Fsp3) is 0.308. The van der Waals surface area contributed by atoms with Crippen LogP contribution in [0.1, 0.15) is 18.4 Å². The summed E-state index contributed by atoms with van der Waals surface area (Å²) in [6.45, 7) is 0. The van der Waals surface area contributed by atoms with Crippen molar-refractivity contribution in [2.45, 2.75) is 25.3 Å². The van der Waals surface area contributed by atoms with Gasteiger partial charge in [0.15, 0.2) is 0 Å². The Hall–Kier alpha value is -2.41. The first-order valence-electron chi connectivity index (χ1n) is 6.16. The van der Waals surface area contributed by atoms with Crippen LogP contribution in [0, 0.1) is 0 Å². The van der Waals surface area contributed by atoms with E-state index < -0.39 is 24.3 Å². The molecule has 2 rings (SSSR count). The van der Waals surface area contributed by atoms with Gasteiger partial charge in [0, 0.05) is 17.8 Å². The third-order valence-electron chi connectivity index (χ3n) is 3.00. The minimum atomic E-state index is -1.12. The lowest BCUT2D eigenvalue weighted by atomic mass is 10.0. The van der Waals surface area contributed by atoms with Crippen LogP contribution >= 0.6 is 0 Å². The molecule has 1 aromatic carbocycles. The van der Waals surface area contributed by atoms with Crippen molar-refractivity contribution in [2.75, 3.05) is 10.6 Å². The SMILES string of the molecule is NC(CC(=O)O)C(=O)Nc1ccc2c(c1)CCC(=O)N2. The van der Waals surface area contributed by atoms with Crippen LogP contribution in [0.5, 0.6) is 0 Å². The first-order chi connectivity index (χ1) is 9.45. The van der Waals surface area contributed by atoms with Gasteiger partial charge in [0.1, 0.15) is 0 Å². The van der Waals surface area contributed by atoms with Crippen LogP contribution in [-0.4, -0.2) is 28.9 Å². The molecular formula is C13H15N3O4. The van der Waals surface area contributed by atoms with Gasteiger partial charge < -0.3 is 21.5 Å². The molecule has 7 heteroatoms. The number of carbonyl (C=O) groups is 3. The molecule has 1 aliphatic rings. The Morgan fingerprint density at radius 2 is 2.15 bits per heavy atom. The zero-order valence-electron chi connectivity index (χ0n) is 10.7. The largest absolute Gasteiger partial charge is 0.481 e. The molecule has 1 heterocycles. The number of fused-ring (bicyclic) bond motifs is 1. The predicted octanol–water partition coefficient (Wildman–Crippen LogP) is 0.312. The van der Waals surface area contributed by atoms with E-state index in [0.717, 1.165) is 11.3 Å². The highest BCUT2D eigenvalue weighted by atomic mass is 16.4. The van der Waals surface area contributed by atoms with Gasteiger partial charge in [-0.15, -0.1) is 0 Å². The molecule has 0 spiro atoms. The zero-order valence-corrected chi connectivity index (χ0v) is 10.7. The Balaban J connectivity index is 2.05. The molecule has 2 amide bonds. The first-order valence-corrected chi connectivity index (χ1v) is 6.16. The second kappa shape index (κ2) is 5.70. The molecule has 7 nitrogen and oxygen atoms in total. The number of aliphatic carboxylic acids is 1. The van der Waals surface area contributed by atoms with Crippen molar-refractivity contribution in [3.63, 3.8) is 0 Å². The van der Waals surface area contributed by atoms with Gasteiger partial charge in [-0.05, 0) is 30.2 Å². The molecule has 0 aliphatic carbocycles. The van der Waals surface area contributed by atoms with Crippen molar-refractivity contribution in [3.05, 3.63) is 23.8 Å². The molecule has 1 unspecified atom stereocenters. The van der Waals surface area contributed by atoms with Crippen LogP contribution in [0.3, 0.4) is 0 Å². The summed E-state index contributed by atoms with van der Waals surface area (Å²) in [5, 5.41) is 13.9. The average molecular weight is 277 g/mol. The number of hydrogen-bond donors (Lipinski definition) is 4. The summed E-state index contributed by atoms with van der Waals surface area (Å²) < 4.78 is 0. The van der Waals surface area contributed by atoms with Crippen LogP contribution < -0.4 is 16.4 Å². The molecule has 20 heavy (non-hydrogen) atoms. The third kappa shape index (κ3) is 3.33. The van der Waals surface area contributed by atoms with E-state index in [1.165, 1.54) is 0 Å². The Bertz CT molecular complexity index is 571. The Kier molecular flexibility index (Phi) is 3.99. The molecule has 0 fully saturated rings. The van der Waals surface area contributed by atoms with Crippen molar-refractivity contribution < 1.29 is 19.5 Å². The Morgan fingerprint density at radius 1 is 1.40 bits per heavy atom. The first kappa shape index (κ1) is 14.0. The van der Waals surface area contributed by atoms with Crippen LogP contribution in [0.4, 0.5) is 11.4 Å². The number of nitrogens with one attached hydrogen (secondary N) is 2. The molecule has 0 bridgehead atoms. The molecule has 5 N–H and O–H groups in total. The van der Waals surface area contributed by atoms with Crippen molar-refractivity contribution in [1.29, 1.82) is 0 Å². The van der Waals surface area contributed by atoms with Crippen LogP contribution in [-0.2, 0) is 20.8 Å². The van der Waals surface area contributed by atoms with E-state index in [2.05, 4.69) is 10.6 Å². The maximum atomic E-state index is 11.7. The third-order valence-corrected chi connectivity index (χ3v) is 3.00. The summed E-state index contributed by atoms with van der Waals surface area (Å²) in [7, 11) is 0. The van der Waals surface area contributed by atoms with Crippen molar-refractivity contribution >= 4 is 29.2 Å². The summed E-state index contributed by atoms with van der Waals surface area (Å²) in [6, 6.07) is 3.99. The highest BCUT2D eigenvalue weighted by Gasteiger charge is 2.19. The van der Waals surface area contributed by atoms with Crippen LogP contribution in [0.2, 0.25) is 0 Å². The van der Waals surface area contributed by atoms with E-state index in [9.17, 15) is 14.4 Å². The molecule has 1 atom stereocenters. The van der Waals surface area contributed by atoms with E-state index in [1.807, 2.05) is 0 Å². The van der Waals surface area contributed by atoms with Crippen molar-refractivity contribution in [1.82, 2.24) is 0 Å². The fourth-order valence-corrected chi connectivity index (χ4v) is 1.98. The number of nitrogens with two attached hydrogens (primary N) is 1. The maximum Gasteiger partial charge on any atom is 0.305 e. The van der Waals surface area contributed by atoms with Crippen molar-refractivity contribution in [3.8, 4) is 0 Å². The standard InChI is InChI=1S/C13H15N3O4/c14-9(6-12(18)19)13(20)15-8-2-3-10-7(5-8)1-4-11(17)16-10/h2-3,5,9H,1,4,6,14H2,(H,15,20)(H,16,17)(H,18,19). The molecular weight excluding hydrogens is 262 g/mol. The Labute approximate surface area is 115 Å². The number of hydrogen-bond acceptors (Lipinski definition) is 4. The summed E-state index contributed by atoms with van der Waals surface area (Å²) in [6.07, 6.45) is 0.585. The summed E-state index contributed by atoms with van der Waals surface area (Å²) >= 11 is 0. The number of carbonyl (C=O) groups excluding carboxylic acids is 2. The number of amides is 2. The topological polar surface area (TPSA) is 122 Å². The van der Waals surface area contributed by atoms with Gasteiger partial charge in [0.05, 0.1) is 12.5 Å². The van der Waals surface area contributed by atoms with Crippen molar-refractivity contribution in [2.24, 2.45) is 5.73 Å². The smallest absolute Gasteiger partial charge is 0.305 e.